The Balaban J connectivity index is 2.28. The van der Waals surface area contributed by atoms with Gasteiger partial charge in [-0.15, -0.1) is 0 Å². The minimum atomic E-state index is 0.246. The summed E-state index contributed by atoms with van der Waals surface area (Å²) in [6.45, 7) is 2.68. The molecule has 1 atom stereocenters. The first-order chi connectivity index (χ1) is 10.2. The molecule has 112 valence electrons. The van der Waals surface area contributed by atoms with E-state index in [1.165, 1.54) is 16.7 Å². The lowest BCUT2D eigenvalue weighted by atomic mass is 9.91. The Hall–Kier alpha value is -2.00. The maximum atomic E-state index is 5.99. The second-order valence-corrected chi connectivity index (χ2v) is 5.23. The fourth-order valence-electron chi connectivity index (χ4n) is 2.57. The van der Waals surface area contributed by atoms with Crippen molar-refractivity contribution in [1.29, 1.82) is 0 Å². The van der Waals surface area contributed by atoms with Crippen LogP contribution in [0, 0.1) is 6.92 Å². The minimum absolute atomic E-state index is 0.246. The highest BCUT2D eigenvalue weighted by Gasteiger charge is 2.14. The number of benzene rings is 2. The highest BCUT2D eigenvalue weighted by Crippen LogP contribution is 2.28. The summed E-state index contributed by atoms with van der Waals surface area (Å²) in [5.74, 6) is 2.03. The number of hydrogen-bond acceptors (Lipinski definition) is 3. The van der Waals surface area contributed by atoms with E-state index in [0.717, 1.165) is 17.9 Å². The summed E-state index contributed by atoms with van der Waals surface area (Å²) in [6, 6.07) is 14.4. The van der Waals surface area contributed by atoms with Crippen LogP contribution in [-0.4, -0.2) is 20.8 Å². The van der Waals surface area contributed by atoms with Crippen LogP contribution in [0.3, 0.4) is 0 Å². The van der Waals surface area contributed by atoms with Crippen molar-refractivity contribution in [3.8, 4) is 11.5 Å². The highest BCUT2D eigenvalue weighted by molar-refractivity contribution is 5.39. The van der Waals surface area contributed by atoms with Gasteiger partial charge in [-0.2, -0.15) is 0 Å². The van der Waals surface area contributed by atoms with Gasteiger partial charge in [0, 0.05) is 5.92 Å². The summed E-state index contributed by atoms with van der Waals surface area (Å²) < 4.78 is 10.8. The summed E-state index contributed by atoms with van der Waals surface area (Å²) in [5.41, 5.74) is 9.61. The molecule has 0 aliphatic heterocycles. The lowest BCUT2D eigenvalue weighted by Gasteiger charge is -2.18. The van der Waals surface area contributed by atoms with Gasteiger partial charge in [0.05, 0.1) is 14.2 Å². The number of ether oxygens (including phenoxy) is 2. The van der Waals surface area contributed by atoms with E-state index in [1.807, 2.05) is 18.2 Å². The lowest BCUT2D eigenvalue weighted by molar-refractivity contribution is 0.407. The van der Waals surface area contributed by atoms with Gasteiger partial charge in [-0.25, -0.2) is 0 Å². The minimum Gasteiger partial charge on any atom is -0.497 e. The average molecular weight is 285 g/mol. The molecule has 2 aromatic rings. The molecule has 21 heavy (non-hydrogen) atoms. The summed E-state index contributed by atoms with van der Waals surface area (Å²) in [6.07, 6.45) is 0.856. The molecule has 2 aromatic carbocycles. The molecule has 0 bridgehead atoms. The maximum Gasteiger partial charge on any atom is 0.122 e. The van der Waals surface area contributed by atoms with Crippen molar-refractivity contribution in [2.45, 2.75) is 19.3 Å². The smallest absolute Gasteiger partial charge is 0.122 e. The molecule has 0 aromatic heterocycles. The molecule has 0 saturated heterocycles. The van der Waals surface area contributed by atoms with Crippen LogP contribution >= 0.6 is 0 Å². The van der Waals surface area contributed by atoms with Gasteiger partial charge in [0.25, 0.3) is 0 Å². The molecule has 2 rings (SSSR count). The van der Waals surface area contributed by atoms with Crippen LogP contribution in [0.5, 0.6) is 11.5 Å². The fourth-order valence-corrected chi connectivity index (χ4v) is 2.57. The number of rotatable bonds is 6. The molecule has 0 saturated carbocycles. The third-order valence-corrected chi connectivity index (χ3v) is 3.75. The average Bonchev–Trinajstić information content (AvgIpc) is 2.52. The van der Waals surface area contributed by atoms with Gasteiger partial charge in [0.15, 0.2) is 0 Å². The van der Waals surface area contributed by atoms with Crippen LogP contribution in [0.1, 0.15) is 22.6 Å². The highest BCUT2D eigenvalue weighted by atomic mass is 16.5. The van der Waals surface area contributed by atoms with E-state index in [-0.39, 0.29) is 5.92 Å². The van der Waals surface area contributed by atoms with Gasteiger partial charge in [-0.1, -0.05) is 29.8 Å². The molecular formula is C18H23NO2. The van der Waals surface area contributed by atoms with Gasteiger partial charge >= 0.3 is 0 Å². The fraction of sp³-hybridized carbons (Fsp3) is 0.333. The largest absolute Gasteiger partial charge is 0.497 e. The molecule has 0 spiro atoms. The van der Waals surface area contributed by atoms with E-state index in [4.69, 9.17) is 15.2 Å². The first kappa shape index (κ1) is 15.4. The molecule has 3 nitrogen and oxygen atoms in total. The zero-order chi connectivity index (χ0) is 15.2. The number of aryl methyl sites for hydroxylation is 1. The lowest BCUT2D eigenvalue weighted by Crippen LogP contribution is -2.15. The monoisotopic (exact) mass is 285 g/mol. The predicted molar refractivity (Wildman–Crippen MR) is 86.2 cm³/mol. The van der Waals surface area contributed by atoms with Crippen molar-refractivity contribution >= 4 is 0 Å². The Morgan fingerprint density at radius 2 is 1.86 bits per heavy atom. The zero-order valence-electron chi connectivity index (χ0n) is 12.9. The van der Waals surface area contributed by atoms with Crippen molar-refractivity contribution < 1.29 is 9.47 Å². The van der Waals surface area contributed by atoms with Crippen LogP contribution in [-0.2, 0) is 6.42 Å². The number of hydrogen-bond donors (Lipinski definition) is 1. The molecule has 0 radical (unpaired) electrons. The Bertz CT molecular complexity index is 596. The van der Waals surface area contributed by atoms with Crippen molar-refractivity contribution in [2.75, 3.05) is 20.8 Å². The second-order valence-electron chi connectivity index (χ2n) is 5.23. The Morgan fingerprint density at radius 3 is 2.52 bits per heavy atom. The third-order valence-electron chi connectivity index (χ3n) is 3.75. The Kier molecular flexibility index (Phi) is 5.23. The molecule has 0 amide bonds. The number of methoxy groups -OCH3 is 2. The van der Waals surface area contributed by atoms with E-state index in [2.05, 4.69) is 31.2 Å². The molecule has 0 fully saturated rings. The standard InChI is InChI=1S/C18H23NO2/c1-13-7-8-18(21-3)15(9-13)10-16(12-19)14-5-4-6-17(11-14)20-2/h4-9,11,16H,10,12,19H2,1-3H3. The Morgan fingerprint density at radius 1 is 1.05 bits per heavy atom. The number of nitrogens with two attached hydrogens (primary N) is 1. The quantitative estimate of drug-likeness (QED) is 0.885. The zero-order valence-corrected chi connectivity index (χ0v) is 12.9. The first-order valence-electron chi connectivity index (χ1n) is 7.15. The maximum absolute atomic E-state index is 5.99. The van der Waals surface area contributed by atoms with Gasteiger partial charge in [-0.3, -0.25) is 0 Å². The van der Waals surface area contributed by atoms with E-state index in [1.54, 1.807) is 14.2 Å². The SMILES string of the molecule is COc1cccc(C(CN)Cc2cc(C)ccc2OC)c1. The van der Waals surface area contributed by atoms with E-state index < -0.39 is 0 Å². The molecular weight excluding hydrogens is 262 g/mol. The van der Waals surface area contributed by atoms with Crippen LogP contribution in [0.4, 0.5) is 0 Å². The van der Waals surface area contributed by atoms with Gasteiger partial charge in [-0.05, 0) is 49.2 Å². The first-order valence-corrected chi connectivity index (χ1v) is 7.15. The molecule has 0 aliphatic rings. The molecule has 3 heteroatoms. The predicted octanol–water partition coefficient (Wildman–Crippen LogP) is 3.30. The molecule has 1 unspecified atom stereocenters. The third kappa shape index (κ3) is 3.76. The molecule has 2 N–H and O–H groups in total. The van der Waals surface area contributed by atoms with Crippen molar-refractivity contribution in [2.24, 2.45) is 5.73 Å². The Labute approximate surface area is 126 Å². The van der Waals surface area contributed by atoms with E-state index in [0.29, 0.717) is 6.54 Å². The summed E-state index contributed by atoms with van der Waals surface area (Å²) in [7, 11) is 3.39. The topological polar surface area (TPSA) is 44.5 Å². The van der Waals surface area contributed by atoms with Crippen LogP contribution in [0.25, 0.3) is 0 Å². The summed E-state index contributed by atoms with van der Waals surface area (Å²) in [5, 5.41) is 0. The summed E-state index contributed by atoms with van der Waals surface area (Å²) in [4.78, 5) is 0. The van der Waals surface area contributed by atoms with Crippen molar-refractivity contribution in [3.63, 3.8) is 0 Å². The van der Waals surface area contributed by atoms with Gasteiger partial charge in [0.2, 0.25) is 0 Å². The van der Waals surface area contributed by atoms with Gasteiger partial charge < -0.3 is 15.2 Å². The van der Waals surface area contributed by atoms with Crippen LogP contribution in [0.2, 0.25) is 0 Å². The molecule has 0 heterocycles. The van der Waals surface area contributed by atoms with E-state index in [9.17, 15) is 0 Å². The van der Waals surface area contributed by atoms with Gasteiger partial charge in [0.1, 0.15) is 11.5 Å². The van der Waals surface area contributed by atoms with Crippen LogP contribution in [0.15, 0.2) is 42.5 Å². The second kappa shape index (κ2) is 7.14. The molecule has 0 aliphatic carbocycles. The normalized spacial score (nSPS) is 12.0. The van der Waals surface area contributed by atoms with Crippen molar-refractivity contribution in [3.05, 3.63) is 59.2 Å². The summed E-state index contributed by atoms with van der Waals surface area (Å²) >= 11 is 0. The van der Waals surface area contributed by atoms with E-state index >= 15 is 0 Å². The van der Waals surface area contributed by atoms with Crippen molar-refractivity contribution in [1.82, 2.24) is 0 Å². The van der Waals surface area contributed by atoms with Crippen LogP contribution < -0.4 is 15.2 Å².